The van der Waals surface area contributed by atoms with E-state index in [0.29, 0.717) is 11.1 Å². The van der Waals surface area contributed by atoms with E-state index in [1.165, 1.54) is 30.6 Å². The number of hydrogen-bond acceptors (Lipinski definition) is 8. The SMILES string of the molecule is Nc1nccnc1C(=O)OCC(=O)Nc1ccc2c(c1)C(=O)c1ccccc1C2=O. The smallest absolute Gasteiger partial charge is 0.361 e. The van der Waals surface area contributed by atoms with Gasteiger partial charge in [0.05, 0.1) is 0 Å². The standard InChI is InChI=1S/C21H14N4O5/c22-20-17(23-7-8-24-20)21(29)30-10-16(26)25-11-5-6-14-15(9-11)19(28)13-4-2-1-3-12(13)18(14)27/h1-9H,10H2,(H2,22,24)(H,25,26). The number of ketones is 2. The highest BCUT2D eigenvalue weighted by Gasteiger charge is 2.29. The molecule has 2 aromatic carbocycles. The van der Waals surface area contributed by atoms with Crippen LogP contribution in [0.2, 0.25) is 0 Å². The van der Waals surface area contributed by atoms with Crippen LogP contribution in [0.1, 0.15) is 42.3 Å². The molecule has 1 amide bonds. The van der Waals surface area contributed by atoms with Crippen molar-refractivity contribution in [2.24, 2.45) is 0 Å². The molecule has 0 radical (unpaired) electrons. The predicted molar refractivity (Wildman–Crippen MR) is 105 cm³/mol. The fourth-order valence-electron chi connectivity index (χ4n) is 3.08. The third-order valence-electron chi connectivity index (χ3n) is 4.46. The largest absolute Gasteiger partial charge is 0.451 e. The summed E-state index contributed by atoms with van der Waals surface area (Å²) in [5.74, 6) is -2.20. The Kier molecular flexibility index (Phi) is 4.77. The zero-order valence-corrected chi connectivity index (χ0v) is 15.4. The average Bonchev–Trinajstić information content (AvgIpc) is 2.76. The van der Waals surface area contributed by atoms with Gasteiger partial charge in [0.15, 0.2) is 29.7 Å². The fourth-order valence-corrected chi connectivity index (χ4v) is 3.08. The van der Waals surface area contributed by atoms with Crippen LogP contribution < -0.4 is 11.1 Å². The Morgan fingerprint density at radius 3 is 2.23 bits per heavy atom. The van der Waals surface area contributed by atoms with E-state index in [9.17, 15) is 19.2 Å². The lowest BCUT2D eigenvalue weighted by Crippen LogP contribution is -2.23. The van der Waals surface area contributed by atoms with Crippen molar-refractivity contribution in [2.45, 2.75) is 0 Å². The molecule has 1 aliphatic carbocycles. The molecule has 0 saturated heterocycles. The summed E-state index contributed by atoms with van der Waals surface area (Å²) in [6.45, 7) is -0.596. The van der Waals surface area contributed by atoms with Crippen LogP contribution in [0.15, 0.2) is 54.9 Å². The molecule has 9 nitrogen and oxygen atoms in total. The summed E-state index contributed by atoms with van der Waals surface area (Å²) in [5.41, 5.74) is 6.76. The van der Waals surface area contributed by atoms with Gasteiger partial charge in [0.25, 0.3) is 5.91 Å². The summed E-state index contributed by atoms with van der Waals surface area (Å²) < 4.78 is 4.89. The van der Waals surface area contributed by atoms with Gasteiger partial charge in [0.2, 0.25) is 0 Å². The first-order chi connectivity index (χ1) is 14.5. The number of nitrogen functional groups attached to an aromatic ring is 1. The molecule has 0 bridgehead atoms. The molecule has 1 heterocycles. The van der Waals surface area contributed by atoms with Gasteiger partial charge in [-0.1, -0.05) is 24.3 Å². The minimum absolute atomic E-state index is 0.110. The first kappa shape index (κ1) is 18.9. The van der Waals surface area contributed by atoms with Gasteiger partial charge in [0.1, 0.15) is 0 Å². The first-order valence-electron chi connectivity index (χ1n) is 8.81. The van der Waals surface area contributed by atoms with Crippen LogP contribution >= 0.6 is 0 Å². The van der Waals surface area contributed by atoms with Gasteiger partial charge in [-0.15, -0.1) is 0 Å². The van der Waals surface area contributed by atoms with Crippen LogP contribution in [0.5, 0.6) is 0 Å². The molecule has 0 fully saturated rings. The highest BCUT2D eigenvalue weighted by atomic mass is 16.5. The Morgan fingerprint density at radius 2 is 1.53 bits per heavy atom. The molecule has 0 saturated carbocycles. The number of nitrogens with zero attached hydrogens (tertiary/aromatic N) is 2. The maximum atomic E-state index is 12.7. The van der Waals surface area contributed by atoms with Crippen molar-refractivity contribution in [3.05, 3.63) is 82.8 Å². The maximum absolute atomic E-state index is 12.7. The number of rotatable bonds is 4. The number of nitrogens with two attached hydrogens (primary N) is 1. The summed E-state index contributed by atoms with van der Waals surface area (Å²) in [6.07, 6.45) is 2.59. The second kappa shape index (κ2) is 7.55. The molecule has 148 valence electrons. The van der Waals surface area contributed by atoms with Gasteiger partial charge in [-0.2, -0.15) is 0 Å². The number of anilines is 2. The van der Waals surface area contributed by atoms with Gasteiger partial charge in [0, 0.05) is 40.3 Å². The summed E-state index contributed by atoms with van der Waals surface area (Å²) >= 11 is 0. The van der Waals surface area contributed by atoms with Crippen molar-refractivity contribution in [3.8, 4) is 0 Å². The molecule has 0 unspecified atom stereocenters. The number of esters is 1. The van der Waals surface area contributed by atoms with Crippen LogP contribution in [-0.2, 0) is 9.53 Å². The Balaban J connectivity index is 1.47. The van der Waals surface area contributed by atoms with Crippen molar-refractivity contribution in [2.75, 3.05) is 17.7 Å². The third kappa shape index (κ3) is 3.39. The molecular weight excluding hydrogens is 388 g/mol. The molecule has 1 aromatic heterocycles. The van der Waals surface area contributed by atoms with Crippen molar-refractivity contribution in [1.82, 2.24) is 9.97 Å². The Labute approximate surface area is 169 Å². The zero-order chi connectivity index (χ0) is 21.3. The van der Waals surface area contributed by atoms with Gasteiger partial charge < -0.3 is 15.8 Å². The van der Waals surface area contributed by atoms with Gasteiger partial charge in [-0.3, -0.25) is 14.4 Å². The second-order valence-electron chi connectivity index (χ2n) is 6.38. The van der Waals surface area contributed by atoms with Crippen LogP contribution in [0.4, 0.5) is 11.5 Å². The van der Waals surface area contributed by atoms with E-state index in [1.54, 1.807) is 24.3 Å². The lowest BCUT2D eigenvalue weighted by molar-refractivity contribution is -0.119. The quantitative estimate of drug-likeness (QED) is 0.491. The average molecular weight is 402 g/mol. The van der Waals surface area contributed by atoms with E-state index in [-0.39, 0.29) is 39.9 Å². The number of hydrogen-bond donors (Lipinski definition) is 2. The maximum Gasteiger partial charge on any atom is 0.361 e. The lowest BCUT2D eigenvalue weighted by atomic mass is 9.84. The summed E-state index contributed by atoms with van der Waals surface area (Å²) in [5, 5.41) is 2.53. The number of aromatic nitrogens is 2. The minimum atomic E-state index is -0.890. The van der Waals surface area contributed by atoms with E-state index < -0.39 is 18.5 Å². The molecule has 3 aromatic rings. The molecule has 3 N–H and O–H groups in total. The Hall–Kier alpha value is -4.40. The van der Waals surface area contributed by atoms with E-state index in [0.717, 1.165) is 0 Å². The Bertz CT molecular complexity index is 1220. The monoisotopic (exact) mass is 402 g/mol. The van der Waals surface area contributed by atoms with Crippen molar-refractivity contribution in [1.29, 1.82) is 0 Å². The van der Waals surface area contributed by atoms with E-state index in [4.69, 9.17) is 10.5 Å². The van der Waals surface area contributed by atoms with Gasteiger partial charge in [-0.25, -0.2) is 14.8 Å². The normalized spacial score (nSPS) is 12.0. The van der Waals surface area contributed by atoms with Crippen LogP contribution in [0, 0.1) is 0 Å². The van der Waals surface area contributed by atoms with Crippen molar-refractivity contribution in [3.63, 3.8) is 0 Å². The first-order valence-corrected chi connectivity index (χ1v) is 8.81. The number of nitrogens with one attached hydrogen (secondary N) is 1. The van der Waals surface area contributed by atoms with E-state index >= 15 is 0 Å². The second-order valence-corrected chi connectivity index (χ2v) is 6.38. The Morgan fingerprint density at radius 1 is 0.900 bits per heavy atom. The number of benzene rings is 2. The summed E-state index contributed by atoms with van der Waals surface area (Å²) in [4.78, 5) is 56.9. The van der Waals surface area contributed by atoms with E-state index in [2.05, 4.69) is 15.3 Å². The molecule has 0 atom stereocenters. The predicted octanol–water partition coefficient (Wildman–Crippen LogP) is 1.63. The molecule has 4 rings (SSSR count). The van der Waals surface area contributed by atoms with E-state index in [1.807, 2.05) is 0 Å². The fraction of sp³-hybridized carbons (Fsp3) is 0.0476. The van der Waals surface area contributed by atoms with Crippen LogP contribution in [0.25, 0.3) is 0 Å². The molecule has 0 aliphatic heterocycles. The number of carbonyl (C=O) groups excluding carboxylic acids is 4. The van der Waals surface area contributed by atoms with Crippen LogP contribution in [0.3, 0.4) is 0 Å². The molecular formula is C21H14N4O5. The summed E-state index contributed by atoms with van der Waals surface area (Å²) in [6, 6.07) is 11.0. The highest BCUT2D eigenvalue weighted by Crippen LogP contribution is 2.29. The minimum Gasteiger partial charge on any atom is -0.451 e. The molecule has 0 spiro atoms. The third-order valence-corrected chi connectivity index (χ3v) is 4.46. The number of amides is 1. The number of fused-ring (bicyclic) bond motifs is 2. The van der Waals surface area contributed by atoms with Crippen molar-refractivity contribution >= 4 is 34.9 Å². The van der Waals surface area contributed by atoms with Gasteiger partial charge >= 0.3 is 5.97 Å². The molecule has 30 heavy (non-hydrogen) atoms. The summed E-state index contributed by atoms with van der Waals surface area (Å²) in [7, 11) is 0. The number of ether oxygens (including phenoxy) is 1. The van der Waals surface area contributed by atoms with Gasteiger partial charge in [-0.05, 0) is 18.2 Å². The molecule has 9 heteroatoms. The zero-order valence-electron chi connectivity index (χ0n) is 15.4. The van der Waals surface area contributed by atoms with Crippen molar-refractivity contribution < 1.29 is 23.9 Å². The number of carbonyl (C=O) groups is 4. The highest BCUT2D eigenvalue weighted by molar-refractivity contribution is 6.28. The lowest BCUT2D eigenvalue weighted by Gasteiger charge is -2.18. The molecule has 1 aliphatic rings. The topological polar surface area (TPSA) is 141 Å². The van der Waals surface area contributed by atoms with Crippen LogP contribution in [-0.4, -0.2) is 40.0 Å².